The third-order valence-corrected chi connectivity index (χ3v) is 4.77. The molecule has 0 atom stereocenters. The second-order valence-corrected chi connectivity index (χ2v) is 7.21. The molecule has 158 valence electrons. The summed E-state index contributed by atoms with van der Waals surface area (Å²) >= 11 is 0. The molecule has 0 aliphatic heterocycles. The number of rotatable bonds is 6. The average Bonchev–Trinajstić information content (AvgIpc) is 2.81. The highest BCUT2D eigenvalue weighted by Gasteiger charge is 2.11. The zero-order valence-electron chi connectivity index (χ0n) is 17.2. The molecule has 0 saturated heterocycles. The van der Waals surface area contributed by atoms with Gasteiger partial charge < -0.3 is 11.1 Å². The van der Waals surface area contributed by atoms with Crippen LogP contribution in [0.3, 0.4) is 0 Å². The van der Waals surface area contributed by atoms with Crippen LogP contribution in [0.2, 0.25) is 0 Å². The van der Waals surface area contributed by atoms with Crippen molar-refractivity contribution in [3.8, 4) is 11.3 Å². The van der Waals surface area contributed by atoms with Crippen LogP contribution in [0.1, 0.15) is 16.8 Å². The average molecular weight is 424 g/mol. The minimum absolute atomic E-state index is 0.101. The fourth-order valence-electron chi connectivity index (χ4n) is 3.11. The third kappa shape index (κ3) is 5.43. The summed E-state index contributed by atoms with van der Waals surface area (Å²) in [5, 5.41) is 2.82. The molecule has 6 heteroatoms. The molecule has 0 unspecified atom stereocenters. The Balaban J connectivity index is 1.62. The van der Waals surface area contributed by atoms with Crippen LogP contribution < -0.4 is 11.1 Å². The van der Waals surface area contributed by atoms with E-state index < -0.39 is 0 Å². The van der Waals surface area contributed by atoms with Gasteiger partial charge in [-0.2, -0.15) is 0 Å². The van der Waals surface area contributed by atoms with Crippen LogP contribution in [0.5, 0.6) is 0 Å². The third-order valence-electron chi connectivity index (χ3n) is 4.77. The van der Waals surface area contributed by atoms with Gasteiger partial charge in [-0.1, -0.05) is 60.7 Å². The summed E-state index contributed by atoms with van der Waals surface area (Å²) in [5.74, 6) is -0.254. The second kappa shape index (κ2) is 9.66. The summed E-state index contributed by atoms with van der Waals surface area (Å²) in [6, 6.07) is 23.0. The van der Waals surface area contributed by atoms with Crippen molar-refractivity contribution in [3.05, 3.63) is 108 Å². The fourth-order valence-corrected chi connectivity index (χ4v) is 3.11. The van der Waals surface area contributed by atoms with E-state index in [0.29, 0.717) is 28.5 Å². The number of nitrogens with two attached hydrogens (primary N) is 1. The van der Waals surface area contributed by atoms with Crippen LogP contribution in [-0.4, -0.2) is 15.9 Å². The molecule has 1 amide bonds. The smallest absolute Gasteiger partial charge is 0.230 e. The lowest BCUT2D eigenvalue weighted by Crippen LogP contribution is -2.16. The molecule has 5 nitrogen and oxygen atoms in total. The van der Waals surface area contributed by atoms with E-state index in [-0.39, 0.29) is 18.1 Å². The molecule has 4 aromatic rings. The number of benzene rings is 3. The summed E-state index contributed by atoms with van der Waals surface area (Å²) in [4.78, 5) is 21.7. The van der Waals surface area contributed by atoms with Crippen molar-refractivity contribution >= 4 is 29.6 Å². The van der Waals surface area contributed by atoms with E-state index in [0.717, 1.165) is 11.1 Å². The molecule has 3 aromatic carbocycles. The van der Waals surface area contributed by atoms with Gasteiger partial charge in [0.1, 0.15) is 11.5 Å². The number of anilines is 2. The van der Waals surface area contributed by atoms with Gasteiger partial charge in [-0.25, -0.2) is 14.4 Å². The van der Waals surface area contributed by atoms with Gasteiger partial charge in [-0.3, -0.25) is 4.79 Å². The van der Waals surface area contributed by atoms with Crippen LogP contribution in [0.4, 0.5) is 15.9 Å². The first-order chi connectivity index (χ1) is 15.6. The highest BCUT2D eigenvalue weighted by atomic mass is 19.1. The Labute approximate surface area is 185 Å². The second-order valence-electron chi connectivity index (χ2n) is 7.21. The van der Waals surface area contributed by atoms with Gasteiger partial charge in [0.15, 0.2) is 5.82 Å². The highest BCUT2D eigenvalue weighted by molar-refractivity contribution is 5.93. The van der Waals surface area contributed by atoms with E-state index in [1.807, 2.05) is 54.6 Å². The fraction of sp³-hybridized carbons (Fsp3) is 0.0385. The first-order valence-corrected chi connectivity index (χ1v) is 10.1. The number of aromatic nitrogens is 2. The Bertz CT molecular complexity index is 1240. The number of amides is 1. The van der Waals surface area contributed by atoms with Crippen LogP contribution in [-0.2, 0) is 11.2 Å². The maximum absolute atomic E-state index is 13.1. The number of carbonyl (C=O) groups is 1. The number of halogens is 1. The molecule has 0 saturated carbocycles. The molecule has 0 radical (unpaired) electrons. The summed E-state index contributed by atoms with van der Waals surface area (Å²) in [7, 11) is 0. The SMILES string of the molecule is Nc1ccc(-c2cnc(NC(=O)Cc3ccc(F)cc3)c(C=Cc3ccccc3)n2)cc1. The van der Waals surface area contributed by atoms with Gasteiger partial charge in [0.2, 0.25) is 5.91 Å². The number of nitrogens with one attached hydrogen (secondary N) is 1. The quantitative estimate of drug-likeness (QED) is 0.416. The van der Waals surface area contributed by atoms with Crippen molar-refractivity contribution < 1.29 is 9.18 Å². The van der Waals surface area contributed by atoms with Gasteiger partial charge in [0.05, 0.1) is 18.3 Å². The summed E-state index contributed by atoms with van der Waals surface area (Å²) in [5.41, 5.74) is 10.2. The van der Waals surface area contributed by atoms with E-state index in [2.05, 4.69) is 10.3 Å². The van der Waals surface area contributed by atoms with Crippen molar-refractivity contribution in [1.82, 2.24) is 9.97 Å². The van der Waals surface area contributed by atoms with Crippen molar-refractivity contribution in [2.45, 2.75) is 6.42 Å². The Morgan fingerprint density at radius 2 is 1.66 bits per heavy atom. The van der Waals surface area contributed by atoms with Gasteiger partial charge in [0, 0.05) is 11.3 Å². The molecule has 3 N–H and O–H groups in total. The summed E-state index contributed by atoms with van der Waals surface area (Å²) in [6.07, 6.45) is 5.44. The number of nitrogen functional groups attached to an aromatic ring is 1. The molecular weight excluding hydrogens is 403 g/mol. The van der Waals surface area contributed by atoms with Gasteiger partial charge >= 0.3 is 0 Å². The lowest BCUT2D eigenvalue weighted by atomic mass is 10.1. The standard InChI is InChI=1S/C26H21FN4O/c27-21-11-6-19(7-12-21)16-25(32)31-26-23(15-8-18-4-2-1-3-5-18)30-24(17-29-26)20-9-13-22(28)14-10-20/h1-15,17H,16,28H2,(H,29,31,32). The maximum atomic E-state index is 13.1. The van der Waals surface area contributed by atoms with Gasteiger partial charge in [-0.05, 0) is 41.5 Å². The van der Waals surface area contributed by atoms with Crippen LogP contribution >= 0.6 is 0 Å². The number of hydrogen-bond donors (Lipinski definition) is 2. The number of nitrogens with zero attached hydrogens (tertiary/aromatic N) is 2. The summed E-state index contributed by atoms with van der Waals surface area (Å²) < 4.78 is 13.1. The Morgan fingerprint density at radius 1 is 0.938 bits per heavy atom. The van der Waals surface area contributed by atoms with Crippen molar-refractivity contribution in [3.63, 3.8) is 0 Å². The van der Waals surface area contributed by atoms with Crippen molar-refractivity contribution in [2.75, 3.05) is 11.1 Å². The largest absolute Gasteiger partial charge is 0.399 e. The van der Waals surface area contributed by atoms with E-state index in [9.17, 15) is 9.18 Å². The predicted octanol–water partition coefficient (Wildman–Crippen LogP) is 5.22. The van der Waals surface area contributed by atoms with Crippen LogP contribution in [0, 0.1) is 5.82 Å². The molecule has 0 fully saturated rings. The molecule has 0 aliphatic carbocycles. The van der Waals surface area contributed by atoms with Gasteiger partial charge in [0.25, 0.3) is 0 Å². The van der Waals surface area contributed by atoms with Crippen molar-refractivity contribution in [2.24, 2.45) is 0 Å². The molecule has 32 heavy (non-hydrogen) atoms. The Morgan fingerprint density at radius 3 is 2.38 bits per heavy atom. The Hall–Kier alpha value is -4.32. The Kier molecular flexibility index (Phi) is 6.32. The molecule has 0 spiro atoms. The zero-order valence-corrected chi connectivity index (χ0v) is 17.2. The predicted molar refractivity (Wildman–Crippen MR) is 126 cm³/mol. The van der Waals surface area contributed by atoms with Crippen LogP contribution in [0.25, 0.3) is 23.4 Å². The monoisotopic (exact) mass is 424 g/mol. The molecule has 0 bridgehead atoms. The minimum atomic E-state index is -0.341. The molecule has 0 aliphatic rings. The van der Waals surface area contributed by atoms with E-state index in [4.69, 9.17) is 10.7 Å². The molecular formula is C26H21FN4O. The lowest BCUT2D eigenvalue weighted by Gasteiger charge is -2.10. The van der Waals surface area contributed by atoms with E-state index in [1.165, 1.54) is 12.1 Å². The maximum Gasteiger partial charge on any atom is 0.230 e. The van der Waals surface area contributed by atoms with Crippen LogP contribution in [0.15, 0.2) is 85.1 Å². The normalized spacial score (nSPS) is 10.9. The highest BCUT2D eigenvalue weighted by Crippen LogP contribution is 2.22. The number of hydrogen-bond acceptors (Lipinski definition) is 4. The van der Waals surface area contributed by atoms with Crippen molar-refractivity contribution in [1.29, 1.82) is 0 Å². The van der Waals surface area contributed by atoms with E-state index >= 15 is 0 Å². The first kappa shape index (κ1) is 20.9. The van der Waals surface area contributed by atoms with E-state index in [1.54, 1.807) is 30.5 Å². The molecule has 1 aromatic heterocycles. The lowest BCUT2D eigenvalue weighted by molar-refractivity contribution is -0.115. The topological polar surface area (TPSA) is 80.9 Å². The zero-order chi connectivity index (χ0) is 22.3. The first-order valence-electron chi connectivity index (χ1n) is 10.1. The summed E-state index contributed by atoms with van der Waals surface area (Å²) in [6.45, 7) is 0. The minimum Gasteiger partial charge on any atom is -0.399 e. The molecule has 1 heterocycles. The number of carbonyl (C=O) groups excluding carboxylic acids is 1. The van der Waals surface area contributed by atoms with Gasteiger partial charge in [-0.15, -0.1) is 0 Å². The molecule has 4 rings (SSSR count).